The van der Waals surface area contributed by atoms with Crippen LogP contribution in [0.4, 0.5) is 4.39 Å². The van der Waals surface area contributed by atoms with Crippen LogP contribution < -0.4 is 10.6 Å². The van der Waals surface area contributed by atoms with E-state index < -0.39 is 0 Å². The van der Waals surface area contributed by atoms with Gasteiger partial charge in [0, 0.05) is 24.3 Å². The van der Waals surface area contributed by atoms with Crippen molar-refractivity contribution < 1.29 is 9.18 Å². The Morgan fingerprint density at radius 3 is 2.63 bits per heavy atom. The summed E-state index contributed by atoms with van der Waals surface area (Å²) < 4.78 is 15.5. The maximum atomic E-state index is 13.4. The van der Waals surface area contributed by atoms with Gasteiger partial charge < -0.3 is 15.2 Å². The Balaban J connectivity index is 1.83. The highest BCUT2D eigenvalue weighted by molar-refractivity contribution is 5.88. The minimum atomic E-state index is -0.235. The first kappa shape index (κ1) is 17.7. The normalized spacial score (nSPS) is 15.2. The van der Waals surface area contributed by atoms with Crippen LogP contribution in [0.25, 0.3) is 16.6 Å². The van der Waals surface area contributed by atoms with E-state index in [4.69, 9.17) is 0 Å². The molecule has 4 nitrogen and oxygen atoms in total. The molecule has 0 spiro atoms. The van der Waals surface area contributed by atoms with Crippen molar-refractivity contribution in [2.75, 3.05) is 20.1 Å². The van der Waals surface area contributed by atoms with Gasteiger partial charge in [0.1, 0.15) is 5.82 Å². The Hall–Kier alpha value is -2.66. The number of hydrogen-bond acceptors (Lipinski definition) is 2. The predicted octanol–water partition coefficient (Wildman–Crippen LogP) is 3.53. The minimum absolute atomic E-state index is 0.00994. The molecule has 1 aliphatic heterocycles. The molecule has 2 heterocycles. The second kappa shape index (κ2) is 7.53. The van der Waals surface area contributed by atoms with Crippen molar-refractivity contribution in [3.05, 3.63) is 65.6 Å². The van der Waals surface area contributed by atoms with Crippen LogP contribution in [0.2, 0.25) is 0 Å². The van der Waals surface area contributed by atoms with Crippen molar-refractivity contribution in [1.82, 2.24) is 15.2 Å². The lowest BCUT2D eigenvalue weighted by Crippen LogP contribution is -2.26. The van der Waals surface area contributed by atoms with Crippen LogP contribution in [0.1, 0.15) is 29.9 Å². The van der Waals surface area contributed by atoms with Gasteiger partial charge >= 0.3 is 0 Å². The average Bonchev–Trinajstić information content (AvgIpc) is 3.08. The number of amides is 1. The molecule has 2 N–H and O–H groups in total. The summed E-state index contributed by atoms with van der Waals surface area (Å²) >= 11 is 0. The first-order valence-electron chi connectivity index (χ1n) is 9.47. The highest BCUT2D eigenvalue weighted by atomic mass is 19.1. The number of hydrogen-bond donors (Lipinski definition) is 2. The third kappa shape index (κ3) is 3.60. The van der Waals surface area contributed by atoms with E-state index in [9.17, 15) is 9.18 Å². The largest absolute Gasteiger partial charge is 0.359 e. The first-order valence-corrected chi connectivity index (χ1v) is 9.47. The summed E-state index contributed by atoms with van der Waals surface area (Å²) in [6.07, 6.45) is 4.77. The van der Waals surface area contributed by atoms with Crippen molar-refractivity contribution in [1.29, 1.82) is 0 Å². The molecule has 1 saturated heterocycles. The van der Waals surface area contributed by atoms with E-state index in [1.165, 1.54) is 23.1 Å². The lowest BCUT2D eigenvalue weighted by atomic mass is 9.89. The number of benzene rings is 2. The van der Waals surface area contributed by atoms with Crippen molar-refractivity contribution in [3.63, 3.8) is 0 Å². The fraction of sp³-hybridized carbons (Fsp3) is 0.318. The number of piperidine rings is 1. The molecule has 0 atom stereocenters. The molecule has 27 heavy (non-hydrogen) atoms. The molecule has 0 aliphatic carbocycles. The van der Waals surface area contributed by atoms with Gasteiger partial charge in [-0.1, -0.05) is 6.07 Å². The number of likely N-dealkylation sites (N-methyl/N-ethyl adjacent to an activating group) is 1. The molecule has 0 radical (unpaired) electrons. The quantitative estimate of drug-likeness (QED) is 0.743. The van der Waals surface area contributed by atoms with Crippen molar-refractivity contribution >= 4 is 16.8 Å². The first-order chi connectivity index (χ1) is 13.2. The Morgan fingerprint density at radius 1 is 1.19 bits per heavy atom. The van der Waals surface area contributed by atoms with Crippen molar-refractivity contribution in [2.24, 2.45) is 0 Å². The van der Waals surface area contributed by atoms with E-state index in [-0.39, 0.29) is 11.7 Å². The Bertz CT molecular complexity index is 956. The van der Waals surface area contributed by atoms with Gasteiger partial charge in [0.25, 0.3) is 0 Å². The van der Waals surface area contributed by atoms with E-state index >= 15 is 0 Å². The zero-order valence-electron chi connectivity index (χ0n) is 15.5. The number of carbonyl (C=O) groups is 1. The van der Waals surface area contributed by atoms with Gasteiger partial charge in [-0.05, 0) is 79.4 Å². The van der Waals surface area contributed by atoms with Gasteiger partial charge in [-0.15, -0.1) is 0 Å². The fourth-order valence-corrected chi connectivity index (χ4v) is 3.96. The number of nitrogens with one attached hydrogen (secondary N) is 2. The predicted molar refractivity (Wildman–Crippen MR) is 106 cm³/mol. The Labute approximate surface area is 158 Å². The monoisotopic (exact) mass is 365 g/mol. The molecule has 1 fully saturated rings. The zero-order valence-corrected chi connectivity index (χ0v) is 15.5. The van der Waals surface area contributed by atoms with Crippen molar-refractivity contribution in [3.8, 4) is 5.69 Å². The van der Waals surface area contributed by atoms with Crippen LogP contribution >= 0.6 is 0 Å². The van der Waals surface area contributed by atoms with E-state index in [0.29, 0.717) is 12.3 Å². The number of nitrogens with zero attached hydrogens (tertiary/aromatic N) is 1. The SMILES string of the molecule is CNC(=O)Cc1ccc2c(c1)c(C1CCNCC1)cn2-c1ccc(F)cc1. The third-order valence-corrected chi connectivity index (χ3v) is 5.43. The van der Waals surface area contributed by atoms with E-state index in [1.807, 2.05) is 6.07 Å². The molecule has 0 unspecified atom stereocenters. The number of aromatic nitrogens is 1. The summed E-state index contributed by atoms with van der Waals surface area (Å²) in [6, 6.07) is 12.8. The van der Waals surface area contributed by atoms with Crippen LogP contribution in [0.5, 0.6) is 0 Å². The van der Waals surface area contributed by atoms with Gasteiger partial charge in [-0.25, -0.2) is 4.39 Å². The number of carbonyl (C=O) groups excluding carboxylic acids is 1. The molecule has 3 aromatic rings. The van der Waals surface area contributed by atoms with Crippen LogP contribution in [0.3, 0.4) is 0 Å². The minimum Gasteiger partial charge on any atom is -0.359 e. The average molecular weight is 365 g/mol. The second-order valence-corrected chi connectivity index (χ2v) is 7.16. The molecular formula is C22H24FN3O. The molecular weight excluding hydrogens is 341 g/mol. The molecule has 0 saturated carbocycles. The van der Waals surface area contributed by atoms with Crippen LogP contribution in [-0.2, 0) is 11.2 Å². The van der Waals surface area contributed by atoms with E-state index in [1.54, 1.807) is 19.2 Å². The summed E-state index contributed by atoms with van der Waals surface area (Å²) in [5.41, 5.74) is 4.36. The lowest BCUT2D eigenvalue weighted by Gasteiger charge is -2.22. The van der Waals surface area contributed by atoms with Crippen LogP contribution in [-0.4, -0.2) is 30.6 Å². The summed E-state index contributed by atoms with van der Waals surface area (Å²) in [5.74, 6) is 0.267. The second-order valence-electron chi connectivity index (χ2n) is 7.16. The number of halogens is 1. The molecule has 5 heteroatoms. The Kier molecular flexibility index (Phi) is 4.94. The third-order valence-electron chi connectivity index (χ3n) is 5.43. The molecule has 1 aromatic heterocycles. The van der Waals surface area contributed by atoms with Gasteiger partial charge in [0.15, 0.2) is 0 Å². The standard InChI is InChI=1S/C22H24FN3O/c1-24-22(27)13-15-2-7-21-19(12-15)20(16-8-10-25-11-9-16)14-26(21)18-5-3-17(23)4-6-18/h2-7,12,14,16,25H,8-11,13H2,1H3,(H,24,27). The summed E-state index contributed by atoms with van der Waals surface area (Å²) in [4.78, 5) is 11.8. The van der Waals surface area contributed by atoms with E-state index in [2.05, 4.69) is 33.5 Å². The maximum Gasteiger partial charge on any atom is 0.224 e. The summed E-state index contributed by atoms with van der Waals surface area (Å²) in [5, 5.41) is 7.30. The molecule has 1 amide bonds. The van der Waals surface area contributed by atoms with Crippen molar-refractivity contribution in [2.45, 2.75) is 25.2 Å². The molecule has 0 bridgehead atoms. The number of rotatable bonds is 4. The van der Waals surface area contributed by atoms with Gasteiger partial charge in [0.05, 0.1) is 11.9 Å². The lowest BCUT2D eigenvalue weighted by molar-refractivity contribution is -0.119. The van der Waals surface area contributed by atoms with Crippen LogP contribution in [0.15, 0.2) is 48.7 Å². The maximum absolute atomic E-state index is 13.4. The molecule has 2 aromatic carbocycles. The zero-order chi connectivity index (χ0) is 18.8. The van der Waals surface area contributed by atoms with Gasteiger partial charge in [-0.3, -0.25) is 4.79 Å². The number of fused-ring (bicyclic) bond motifs is 1. The smallest absolute Gasteiger partial charge is 0.224 e. The summed E-state index contributed by atoms with van der Waals surface area (Å²) in [6.45, 7) is 2.04. The molecule has 1 aliphatic rings. The highest BCUT2D eigenvalue weighted by Gasteiger charge is 2.21. The van der Waals surface area contributed by atoms with Gasteiger partial charge in [0.2, 0.25) is 5.91 Å². The highest BCUT2D eigenvalue weighted by Crippen LogP contribution is 2.35. The molecule has 140 valence electrons. The van der Waals surface area contributed by atoms with Gasteiger partial charge in [-0.2, -0.15) is 0 Å². The topological polar surface area (TPSA) is 46.1 Å². The van der Waals surface area contributed by atoms with Crippen LogP contribution in [0, 0.1) is 5.82 Å². The molecule has 4 rings (SSSR count). The summed E-state index contributed by atoms with van der Waals surface area (Å²) in [7, 11) is 1.66. The fourth-order valence-electron chi connectivity index (χ4n) is 3.96. The van der Waals surface area contributed by atoms with E-state index in [0.717, 1.165) is 42.7 Å². The Morgan fingerprint density at radius 2 is 1.93 bits per heavy atom.